The molecule has 0 fully saturated rings. The summed E-state index contributed by atoms with van der Waals surface area (Å²) in [4.78, 5) is 18.4. The van der Waals surface area contributed by atoms with E-state index in [0.717, 1.165) is 39.8 Å². The average molecular weight is 444 g/mol. The van der Waals surface area contributed by atoms with Crippen molar-refractivity contribution in [1.29, 1.82) is 0 Å². The number of hydrogen-bond acceptors (Lipinski definition) is 6. The zero-order chi connectivity index (χ0) is 22.7. The minimum Gasteiger partial charge on any atom is -0.338 e. The molecule has 0 spiro atoms. The minimum atomic E-state index is -0.601. The van der Waals surface area contributed by atoms with Crippen LogP contribution in [0, 0.1) is 0 Å². The van der Waals surface area contributed by atoms with Crippen molar-refractivity contribution >= 4 is 17.3 Å². The van der Waals surface area contributed by atoms with Gasteiger partial charge in [-0.3, -0.25) is 10.1 Å². The van der Waals surface area contributed by atoms with E-state index in [1.54, 1.807) is 12.4 Å². The van der Waals surface area contributed by atoms with Gasteiger partial charge in [0.25, 0.3) is 0 Å². The van der Waals surface area contributed by atoms with Crippen LogP contribution in [0.5, 0.6) is 0 Å². The lowest BCUT2D eigenvalue weighted by Gasteiger charge is -2.31. The van der Waals surface area contributed by atoms with E-state index < -0.39 is 5.41 Å². The number of aromatic amines is 1. The van der Waals surface area contributed by atoms with Crippen molar-refractivity contribution in [3.05, 3.63) is 114 Å². The highest BCUT2D eigenvalue weighted by Gasteiger charge is 2.48. The van der Waals surface area contributed by atoms with Gasteiger partial charge in [0.1, 0.15) is 5.41 Å². The van der Waals surface area contributed by atoms with Gasteiger partial charge in [-0.25, -0.2) is 9.97 Å². The van der Waals surface area contributed by atoms with Crippen LogP contribution in [0.4, 0.5) is 17.3 Å². The van der Waals surface area contributed by atoms with Crippen LogP contribution in [0.2, 0.25) is 0 Å². The van der Waals surface area contributed by atoms with Crippen molar-refractivity contribution in [3.8, 4) is 11.1 Å². The summed E-state index contributed by atoms with van der Waals surface area (Å²) >= 11 is 0. The van der Waals surface area contributed by atoms with E-state index >= 15 is 0 Å². The first-order valence-corrected chi connectivity index (χ1v) is 11.2. The fourth-order valence-electron chi connectivity index (χ4n) is 5.52. The van der Waals surface area contributed by atoms with Gasteiger partial charge < -0.3 is 9.80 Å². The third kappa shape index (κ3) is 2.41. The molecule has 1 atom stereocenters. The SMILES string of the molecule is CN1CN(c2cccc(C3(c4ccn[nH]4)c4ccccc4-c4cccnc43)c2)c2nccnc21. The van der Waals surface area contributed by atoms with E-state index in [4.69, 9.17) is 4.98 Å². The molecule has 7 heteroatoms. The second-order valence-corrected chi connectivity index (χ2v) is 8.69. The third-order valence-electron chi connectivity index (χ3n) is 6.91. The van der Waals surface area contributed by atoms with Gasteiger partial charge in [-0.15, -0.1) is 0 Å². The number of nitrogens with zero attached hydrogens (tertiary/aromatic N) is 6. The van der Waals surface area contributed by atoms with Gasteiger partial charge in [-0.05, 0) is 41.0 Å². The van der Waals surface area contributed by atoms with Crippen molar-refractivity contribution in [2.45, 2.75) is 5.41 Å². The lowest BCUT2D eigenvalue weighted by Crippen LogP contribution is -2.31. The molecule has 1 aliphatic heterocycles. The number of pyridine rings is 1. The molecule has 1 aliphatic carbocycles. The van der Waals surface area contributed by atoms with E-state index in [-0.39, 0.29) is 0 Å². The fourth-order valence-corrected chi connectivity index (χ4v) is 5.52. The molecule has 4 heterocycles. The van der Waals surface area contributed by atoms with Crippen molar-refractivity contribution in [2.24, 2.45) is 0 Å². The third-order valence-corrected chi connectivity index (χ3v) is 6.91. The van der Waals surface area contributed by atoms with Crippen LogP contribution in [0.25, 0.3) is 11.1 Å². The maximum Gasteiger partial charge on any atom is 0.178 e. The van der Waals surface area contributed by atoms with Crippen molar-refractivity contribution < 1.29 is 0 Å². The molecule has 2 aliphatic rings. The summed E-state index contributed by atoms with van der Waals surface area (Å²) in [6.07, 6.45) is 7.17. The number of aromatic nitrogens is 5. The van der Waals surface area contributed by atoms with Crippen LogP contribution < -0.4 is 9.80 Å². The average Bonchev–Trinajstić information content (AvgIpc) is 3.61. The Labute approximate surface area is 196 Å². The summed E-state index contributed by atoms with van der Waals surface area (Å²) in [5.41, 5.74) is 7.13. The van der Waals surface area contributed by atoms with E-state index in [1.807, 2.05) is 25.5 Å². The number of anilines is 3. The van der Waals surface area contributed by atoms with E-state index in [9.17, 15) is 0 Å². The Bertz CT molecular complexity index is 1480. The fraction of sp³-hybridized carbons (Fsp3) is 0.111. The lowest BCUT2D eigenvalue weighted by atomic mass is 9.72. The first-order valence-electron chi connectivity index (χ1n) is 11.2. The van der Waals surface area contributed by atoms with Crippen LogP contribution >= 0.6 is 0 Å². The molecule has 0 saturated heterocycles. The monoisotopic (exact) mass is 443 g/mol. The van der Waals surface area contributed by atoms with Gasteiger partial charge in [0, 0.05) is 43.1 Å². The number of fused-ring (bicyclic) bond motifs is 4. The van der Waals surface area contributed by atoms with Crippen molar-refractivity contribution in [3.63, 3.8) is 0 Å². The van der Waals surface area contributed by atoms with Crippen molar-refractivity contribution in [1.82, 2.24) is 25.1 Å². The Morgan fingerprint density at radius 2 is 1.65 bits per heavy atom. The number of hydrogen-bond donors (Lipinski definition) is 1. The smallest absolute Gasteiger partial charge is 0.178 e. The molecule has 7 nitrogen and oxygen atoms in total. The molecule has 0 radical (unpaired) electrons. The maximum absolute atomic E-state index is 4.94. The molecule has 0 amide bonds. The Kier molecular flexibility index (Phi) is 3.90. The Balaban J connectivity index is 1.50. The second-order valence-electron chi connectivity index (χ2n) is 8.69. The summed E-state index contributed by atoms with van der Waals surface area (Å²) in [6, 6.07) is 23.5. The normalized spacial score (nSPS) is 18.0. The first-order chi connectivity index (χ1) is 16.8. The van der Waals surface area contributed by atoms with Gasteiger partial charge in [0.15, 0.2) is 11.6 Å². The molecule has 5 aromatic rings. The lowest BCUT2D eigenvalue weighted by molar-refractivity contribution is 0.703. The van der Waals surface area contributed by atoms with Gasteiger partial charge >= 0.3 is 0 Å². The van der Waals surface area contributed by atoms with Crippen LogP contribution in [0.15, 0.2) is 91.5 Å². The summed E-state index contributed by atoms with van der Waals surface area (Å²) < 4.78 is 0. The Morgan fingerprint density at radius 3 is 2.53 bits per heavy atom. The highest BCUT2D eigenvalue weighted by Crippen LogP contribution is 2.55. The standard InChI is InChI=1S/C27H21N7/c1-33-17-34(26-25(33)29-14-15-30-26)19-7-4-6-18(16-19)27(23-11-13-31-32-23)22-10-3-2-8-20(22)21-9-5-12-28-24(21)27/h2-16H,17H2,1H3,(H,31,32). The zero-order valence-electron chi connectivity index (χ0n) is 18.6. The topological polar surface area (TPSA) is 73.8 Å². The molecule has 1 N–H and O–H groups in total. The number of rotatable bonds is 3. The number of nitrogens with one attached hydrogen (secondary N) is 1. The summed E-state index contributed by atoms with van der Waals surface area (Å²) in [7, 11) is 2.04. The molecule has 34 heavy (non-hydrogen) atoms. The predicted molar refractivity (Wildman–Crippen MR) is 131 cm³/mol. The maximum atomic E-state index is 4.94. The zero-order valence-corrected chi connectivity index (χ0v) is 18.6. The minimum absolute atomic E-state index is 0.601. The molecular weight excluding hydrogens is 422 g/mol. The summed E-state index contributed by atoms with van der Waals surface area (Å²) in [5, 5.41) is 7.61. The quantitative estimate of drug-likeness (QED) is 0.434. The first kappa shape index (κ1) is 19.0. The van der Waals surface area contributed by atoms with Crippen LogP contribution in [-0.4, -0.2) is 38.9 Å². The number of benzene rings is 2. The molecule has 3 aromatic heterocycles. The molecule has 1 unspecified atom stereocenters. The van der Waals surface area contributed by atoms with Gasteiger partial charge in [0.2, 0.25) is 0 Å². The molecule has 164 valence electrons. The van der Waals surface area contributed by atoms with E-state index in [2.05, 4.69) is 90.6 Å². The van der Waals surface area contributed by atoms with Crippen LogP contribution in [0.1, 0.15) is 22.5 Å². The van der Waals surface area contributed by atoms with E-state index in [1.165, 1.54) is 11.1 Å². The molecule has 7 rings (SSSR count). The van der Waals surface area contributed by atoms with Gasteiger partial charge in [0.05, 0.1) is 18.1 Å². The predicted octanol–water partition coefficient (Wildman–Crippen LogP) is 4.50. The molecular formula is C27H21N7. The second kappa shape index (κ2) is 6.99. The highest BCUT2D eigenvalue weighted by molar-refractivity contribution is 5.85. The highest BCUT2D eigenvalue weighted by atomic mass is 15.4. The molecule has 2 aromatic carbocycles. The molecule has 0 saturated carbocycles. The molecule has 0 bridgehead atoms. The van der Waals surface area contributed by atoms with Gasteiger partial charge in [-0.2, -0.15) is 5.10 Å². The Hall–Kier alpha value is -4.52. The summed E-state index contributed by atoms with van der Waals surface area (Å²) in [6.45, 7) is 0.686. The van der Waals surface area contributed by atoms with Crippen LogP contribution in [-0.2, 0) is 5.41 Å². The Morgan fingerprint density at radius 1 is 0.794 bits per heavy atom. The van der Waals surface area contributed by atoms with Crippen LogP contribution in [0.3, 0.4) is 0 Å². The van der Waals surface area contributed by atoms with Gasteiger partial charge in [-0.1, -0.05) is 42.5 Å². The summed E-state index contributed by atoms with van der Waals surface area (Å²) in [5.74, 6) is 1.75. The van der Waals surface area contributed by atoms with E-state index in [0.29, 0.717) is 6.67 Å². The van der Waals surface area contributed by atoms with Crippen molar-refractivity contribution in [2.75, 3.05) is 23.5 Å². The largest absolute Gasteiger partial charge is 0.338 e. The number of H-pyrrole nitrogens is 1.